The summed E-state index contributed by atoms with van der Waals surface area (Å²) in [5, 5.41) is 0. The molecule has 2 aromatic rings. The van der Waals surface area contributed by atoms with Gasteiger partial charge < -0.3 is 9.47 Å². The third-order valence-corrected chi connectivity index (χ3v) is 2.60. The molecule has 0 spiro atoms. The third kappa shape index (κ3) is 4.52. The quantitative estimate of drug-likeness (QED) is 0.783. The van der Waals surface area contributed by atoms with E-state index in [0.717, 1.165) is 0 Å². The van der Waals surface area contributed by atoms with Crippen molar-refractivity contribution >= 4 is 6.29 Å². The topological polar surface area (TPSA) is 35.5 Å². The first kappa shape index (κ1) is 14.9. The monoisotopic (exact) mass is 296 g/mol. The van der Waals surface area contributed by atoms with Gasteiger partial charge in [-0.1, -0.05) is 24.3 Å². The van der Waals surface area contributed by atoms with Crippen molar-refractivity contribution < 1.29 is 27.4 Å². The Morgan fingerprint density at radius 2 is 1.67 bits per heavy atom. The molecular formula is C15H11F3O3. The lowest BCUT2D eigenvalue weighted by molar-refractivity contribution is -0.274. The second-order valence-electron chi connectivity index (χ2n) is 4.14. The summed E-state index contributed by atoms with van der Waals surface area (Å²) in [6, 6.07) is 12.0. The average molecular weight is 296 g/mol. The number of hydrogen-bond donors (Lipinski definition) is 0. The predicted octanol–water partition coefficient (Wildman–Crippen LogP) is 3.98. The first-order valence-electron chi connectivity index (χ1n) is 5.99. The molecule has 0 unspecified atom stereocenters. The lowest BCUT2D eigenvalue weighted by Crippen LogP contribution is -2.17. The molecule has 2 aromatic carbocycles. The Balaban J connectivity index is 1.99. The summed E-state index contributed by atoms with van der Waals surface area (Å²) >= 11 is 0. The van der Waals surface area contributed by atoms with Crippen LogP contribution in [-0.4, -0.2) is 12.6 Å². The number of hydrogen-bond acceptors (Lipinski definition) is 3. The van der Waals surface area contributed by atoms with Gasteiger partial charge in [-0.25, -0.2) is 0 Å². The molecule has 21 heavy (non-hydrogen) atoms. The van der Waals surface area contributed by atoms with Gasteiger partial charge in [0.2, 0.25) is 0 Å². The maximum absolute atomic E-state index is 12.0. The van der Waals surface area contributed by atoms with Gasteiger partial charge in [0.15, 0.2) is 6.29 Å². The van der Waals surface area contributed by atoms with E-state index < -0.39 is 6.36 Å². The highest BCUT2D eigenvalue weighted by Gasteiger charge is 2.30. The van der Waals surface area contributed by atoms with E-state index in [1.54, 1.807) is 24.3 Å². The fourth-order valence-electron chi connectivity index (χ4n) is 1.66. The van der Waals surface area contributed by atoms with Gasteiger partial charge in [-0.05, 0) is 29.8 Å². The minimum absolute atomic E-state index is 0.136. The Morgan fingerprint density at radius 3 is 2.29 bits per heavy atom. The molecule has 2 rings (SSSR count). The van der Waals surface area contributed by atoms with Crippen molar-refractivity contribution in [3.8, 4) is 11.5 Å². The second-order valence-corrected chi connectivity index (χ2v) is 4.14. The second kappa shape index (κ2) is 6.30. The van der Waals surface area contributed by atoms with Crippen LogP contribution < -0.4 is 9.47 Å². The summed E-state index contributed by atoms with van der Waals surface area (Å²) in [6.45, 7) is 0.136. The normalized spacial score (nSPS) is 11.0. The number of carbonyl (C=O) groups excluding carboxylic acids is 1. The molecule has 0 radical (unpaired) electrons. The molecule has 0 fully saturated rings. The Hall–Kier alpha value is -2.50. The molecule has 0 aliphatic rings. The van der Waals surface area contributed by atoms with Crippen molar-refractivity contribution in [2.45, 2.75) is 13.0 Å². The third-order valence-electron chi connectivity index (χ3n) is 2.60. The fourth-order valence-corrected chi connectivity index (χ4v) is 1.66. The molecule has 110 valence electrons. The minimum atomic E-state index is -4.71. The Kier molecular flexibility index (Phi) is 4.47. The van der Waals surface area contributed by atoms with Gasteiger partial charge in [0, 0.05) is 0 Å². The number of benzene rings is 2. The lowest BCUT2D eigenvalue weighted by Gasteiger charge is -2.10. The van der Waals surface area contributed by atoms with Crippen molar-refractivity contribution in [3.05, 3.63) is 59.7 Å². The Morgan fingerprint density at radius 1 is 1.00 bits per heavy atom. The van der Waals surface area contributed by atoms with Crippen LogP contribution in [0.5, 0.6) is 11.5 Å². The molecule has 0 bridgehead atoms. The largest absolute Gasteiger partial charge is 0.573 e. The molecule has 3 nitrogen and oxygen atoms in total. The number of ether oxygens (including phenoxy) is 2. The summed E-state index contributed by atoms with van der Waals surface area (Å²) in [6.07, 6.45) is -4.03. The maximum Gasteiger partial charge on any atom is 0.573 e. The van der Waals surface area contributed by atoms with Crippen LogP contribution in [0.25, 0.3) is 0 Å². The molecule has 0 heterocycles. The standard InChI is InChI=1S/C15H11F3O3/c16-15(17,18)21-13-7-5-11(6-8-13)10-20-14-4-2-1-3-12(14)9-19/h1-9H,10H2. The summed E-state index contributed by atoms with van der Waals surface area (Å²) < 4.78 is 45.3. The number of rotatable bonds is 5. The summed E-state index contributed by atoms with van der Waals surface area (Å²) in [7, 11) is 0. The summed E-state index contributed by atoms with van der Waals surface area (Å²) in [5.74, 6) is 0.127. The average Bonchev–Trinajstić information content (AvgIpc) is 2.45. The summed E-state index contributed by atoms with van der Waals surface area (Å²) in [5.41, 5.74) is 1.07. The van der Waals surface area contributed by atoms with E-state index in [-0.39, 0.29) is 12.4 Å². The van der Waals surface area contributed by atoms with Gasteiger partial charge in [0.25, 0.3) is 0 Å². The molecule has 0 atom stereocenters. The van der Waals surface area contributed by atoms with E-state index in [1.807, 2.05) is 0 Å². The van der Waals surface area contributed by atoms with Crippen molar-refractivity contribution in [2.75, 3.05) is 0 Å². The zero-order valence-corrected chi connectivity index (χ0v) is 10.8. The fraction of sp³-hybridized carbons (Fsp3) is 0.133. The van der Waals surface area contributed by atoms with Gasteiger partial charge in [-0.3, -0.25) is 4.79 Å². The van der Waals surface area contributed by atoms with Crippen molar-refractivity contribution in [1.82, 2.24) is 0 Å². The highest BCUT2D eigenvalue weighted by Crippen LogP contribution is 2.23. The molecule has 0 N–H and O–H groups in total. The number of para-hydroxylation sites is 1. The van der Waals surface area contributed by atoms with Gasteiger partial charge in [0.05, 0.1) is 5.56 Å². The van der Waals surface area contributed by atoms with Crippen LogP contribution in [0.1, 0.15) is 15.9 Å². The minimum Gasteiger partial charge on any atom is -0.488 e. The van der Waals surface area contributed by atoms with E-state index >= 15 is 0 Å². The molecule has 6 heteroatoms. The van der Waals surface area contributed by atoms with Crippen molar-refractivity contribution in [1.29, 1.82) is 0 Å². The molecule has 0 saturated carbocycles. The zero-order valence-electron chi connectivity index (χ0n) is 10.8. The molecule has 0 aromatic heterocycles. The van der Waals surface area contributed by atoms with E-state index in [0.29, 0.717) is 23.2 Å². The Bertz CT molecular complexity index is 606. The molecule has 0 aliphatic heterocycles. The Labute approximate surface area is 118 Å². The van der Waals surface area contributed by atoms with Gasteiger partial charge in [-0.2, -0.15) is 0 Å². The van der Waals surface area contributed by atoms with E-state index in [9.17, 15) is 18.0 Å². The maximum atomic E-state index is 12.0. The SMILES string of the molecule is O=Cc1ccccc1OCc1ccc(OC(F)(F)F)cc1. The number of carbonyl (C=O) groups is 1. The highest BCUT2D eigenvalue weighted by molar-refractivity contribution is 5.79. The first-order valence-corrected chi connectivity index (χ1v) is 5.99. The van der Waals surface area contributed by atoms with E-state index in [4.69, 9.17) is 4.74 Å². The number of alkyl halides is 3. The van der Waals surface area contributed by atoms with Crippen molar-refractivity contribution in [2.24, 2.45) is 0 Å². The molecule has 0 amide bonds. The van der Waals surface area contributed by atoms with Crippen LogP contribution in [0, 0.1) is 0 Å². The summed E-state index contributed by atoms with van der Waals surface area (Å²) in [4.78, 5) is 10.8. The number of aldehydes is 1. The van der Waals surface area contributed by atoms with Crippen LogP contribution in [0.2, 0.25) is 0 Å². The predicted molar refractivity (Wildman–Crippen MR) is 69.3 cm³/mol. The van der Waals surface area contributed by atoms with Gasteiger partial charge >= 0.3 is 6.36 Å². The molecule has 0 saturated heterocycles. The van der Waals surface area contributed by atoms with E-state index in [2.05, 4.69) is 4.74 Å². The zero-order chi connectivity index (χ0) is 15.3. The number of halogens is 3. The van der Waals surface area contributed by atoms with E-state index in [1.165, 1.54) is 24.3 Å². The van der Waals surface area contributed by atoms with Crippen LogP contribution in [0.4, 0.5) is 13.2 Å². The van der Waals surface area contributed by atoms with Crippen molar-refractivity contribution in [3.63, 3.8) is 0 Å². The van der Waals surface area contributed by atoms with Crippen LogP contribution >= 0.6 is 0 Å². The van der Waals surface area contributed by atoms with Crippen LogP contribution in [0.3, 0.4) is 0 Å². The smallest absolute Gasteiger partial charge is 0.488 e. The van der Waals surface area contributed by atoms with Gasteiger partial charge in [-0.15, -0.1) is 13.2 Å². The molecular weight excluding hydrogens is 285 g/mol. The van der Waals surface area contributed by atoms with Gasteiger partial charge in [0.1, 0.15) is 18.1 Å². The van der Waals surface area contributed by atoms with Crippen LogP contribution in [0.15, 0.2) is 48.5 Å². The molecule has 0 aliphatic carbocycles. The van der Waals surface area contributed by atoms with Crippen LogP contribution in [-0.2, 0) is 6.61 Å². The lowest BCUT2D eigenvalue weighted by atomic mass is 10.2. The first-order chi connectivity index (χ1) is 9.98. The highest BCUT2D eigenvalue weighted by atomic mass is 19.4.